The molecule has 2 aliphatic rings. The Morgan fingerprint density at radius 3 is 2.66 bits per heavy atom. The quantitative estimate of drug-likeness (QED) is 0.691. The summed E-state index contributed by atoms with van der Waals surface area (Å²) in [6.45, 7) is 3.50. The Kier molecular flexibility index (Phi) is 4.70. The number of fused-ring (bicyclic) bond motifs is 2. The van der Waals surface area contributed by atoms with Crippen molar-refractivity contribution in [1.29, 1.82) is 0 Å². The van der Waals surface area contributed by atoms with Crippen LogP contribution in [0, 0.1) is 5.92 Å². The Morgan fingerprint density at radius 1 is 1.07 bits per heavy atom. The molecule has 2 aliphatic heterocycles. The molecule has 4 heterocycles. The first-order valence-corrected chi connectivity index (χ1v) is 10.6. The van der Waals surface area contributed by atoms with Crippen molar-refractivity contribution in [3.8, 4) is 0 Å². The van der Waals surface area contributed by atoms with Gasteiger partial charge in [0.05, 0.1) is 0 Å². The Labute approximate surface area is 171 Å². The van der Waals surface area contributed by atoms with Crippen molar-refractivity contribution in [3.05, 3.63) is 53.7 Å². The van der Waals surface area contributed by atoms with E-state index in [1.54, 1.807) is 0 Å². The average molecular weight is 390 g/mol. The van der Waals surface area contributed by atoms with E-state index in [0.29, 0.717) is 18.2 Å². The van der Waals surface area contributed by atoms with E-state index in [1.165, 1.54) is 11.1 Å². The maximum Gasteiger partial charge on any atom is 0.223 e. The molecule has 150 valence electrons. The van der Waals surface area contributed by atoms with Crippen LogP contribution < -0.4 is 4.90 Å². The molecule has 1 fully saturated rings. The Bertz CT molecular complexity index is 1030. The predicted molar refractivity (Wildman–Crippen MR) is 114 cm³/mol. The van der Waals surface area contributed by atoms with Crippen LogP contribution in [0.4, 0.5) is 5.95 Å². The topological polar surface area (TPSA) is 54.3 Å². The van der Waals surface area contributed by atoms with Crippen molar-refractivity contribution in [2.75, 3.05) is 24.5 Å². The number of rotatable bonds is 3. The summed E-state index contributed by atoms with van der Waals surface area (Å²) in [7, 11) is 2.03. The fraction of sp³-hybridized carbons (Fsp3) is 0.435. The second kappa shape index (κ2) is 7.50. The molecule has 0 unspecified atom stereocenters. The van der Waals surface area contributed by atoms with E-state index in [2.05, 4.69) is 38.7 Å². The van der Waals surface area contributed by atoms with Gasteiger partial charge in [0.15, 0.2) is 5.65 Å². The number of nitrogens with zero attached hydrogens (tertiary/aromatic N) is 5. The molecule has 0 N–H and O–H groups in total. The van der Waals surface area contributed by atoms with Gasteiger partial charge in [0, 0.05) is 45.8 Å². The highest BCUT2D eigenvalue weighted by atomic mass is 16.2. The Balaban J connectivity index is 1.19. The summed E-state index contributed by atoms with van der Waals surface area (Å²) in [5.74, 6) is 1.75. The van der Waals surface area contributed by atoms with Gasteiger partial charge in [-0.25, -0.2) is 9.97 Å². The number of carbonyl (C=O) groups is 1. The molecule has 1 amide bonds. The second-order valence-electron chi connectivity index (χ2n) is 8.29. The largest absolute Gasteiger partial charge is 0.342 e. The first kappa shape index (κ1) is 18.2. The zero-order chi connectivity index (χ0) is 19.8. The molecule has 0 aliphatic carbocycles. The van der Waals surface area contributed by atoms with Gasteiger partial charge in [-0.05, 0) is 48.4 Å². The third-order valence-corrected chi connectivity index (χ3v) is 6.45. The lowest BCUT2D eigenvalue weighted by Gasteiger charge is -2.34. The molecule has 0 radical (unpaired) electrons. The SMILES string of the molecule is Cn1c(N2CCC(CC(=O)N3CCc4ccccc4C3)CC2)nc2cccnc21. The molecular formula is C23H27N5O. The molecule has 6 nitrogen and oxygen atoms in total. The third kappa shape index (κ3) is 3.48. The van der Waals surface area contributed by atoms with Gasteiger partial charge >= 0.3 is 0 Å². The molecule has 0 saturated carbocycles. The van der Waals surface area contributed by atoms with Crippen LogP contribution in [0.25, 0.3) is 11.2 Å². The van der Waals surface area contributed by atoms with Gasteiger partial charge in [-0.2, -0.15) is 0 Å². The van der Waals surface area contributed by atoms with Crippen LogP contribution in [0.5, 0.6) is 0 Å². The molecule has 2 aromatic heterocycles. The van der Waals surface area contributed by atoms with E-state index in [4.69, 9.17) is 4.98 Å². The van der Waals surface area contributed by atoms with Gasteiger partial charge in [-0.1, -0.05) is 24.3 Å². The molecule has 0 spiro atoms. The maximum absolute atomic E-state index is 12.9. The van der Waals surface area contributed by atoms with Gasteiger partial charge in [-0.15, -0.1) is 0 Å². The number of aryl methyl sites for hydroxylation is 1. The summed E-state index contributed by atoms with van der Waals surface area (Å²) in [5, 5.41) is 0. The van der Waals surface area contributed by atoms with Crippen LogP contribution in [0.1, 0.15) is 30.4 Å². The number of hydrogen-bond donors (Lipinski definition) is 0. The number of hydrogen-bond acceptors (Lipinski definition) is 4. The molecule has 3 aromatic rings. The standard InChI is InChI=1S/C23H27N5O/c1-26-22-20(7-4-11-24-22)25-23(26)27-12-8-17(9-13-27)15-21(29)28-14-10-18-5-2-3-6-19(18)16-28/h2-7,11,17H,8-10,12-16H2,1H3. The number of piperidine rings is 1. The smallest absolute Gasteiger partial charge is 0.223 e. The average Bonchev–Trinajstić information content (AvgIpc) is 3.10. The monoisotopic (exact) mass is 389 g/mol. The van der Waals surface area contributed by atoms with Crippen LogP contribution in [-0.2, 0) is 24.8 Å². The minimum Gasteiger partial charge on any atom is -0.342 e. The number of benzene rings is 1. The van der Waals surface area contributed by atoms with Crippen molar-refractivity contribution in [3.63, 3.8) is 0 Å². The Hall–Kier alpha value is -2.89. The van der Waals surface area contributed by atoms with E-state index < -0.39 is 0 Å². The fourth-order valence-electron chi connectivity index (χ4n) is 4.72. The van der Waals surface area contributed by atoms with Gasteiger partial charge in [0.25, 0.3) is 0 Å². The van der Waals surface area contributed by atoms with Gasteiger partial charge in [-0.3, -0.25) is 9.36 Å². The van der Waals surface area contributed by atoms with E-state index in [1.807, 2.05) is 30.3 Å². The van der Waals surface area contributed by atoms with Crippen LogP contribution in [0.3, 0.4) is 0 Å². The number of imidazole rings is 1. The van der Waals surface area contributed by atoms with E-state index in [-0.39, 0.29) is 0 Å². The molecule has 5 rings (SSSR count). The van der Waals surface area contributed by atoms with Crippen LogP contribution in [0.2, 0.25) is 0 Å². The van der Waals surface area contributed by atoms with Crippen molar-refractivity contribution < 1.29 is 4.79 Å². The summed E-state index contributed by atoms with van der Waals surface area (Å²) in [6, 6.07) is 12.4. The van der Waals surface area contributed by atoms with Crippen LogP contribution >= 0.6 is 0 Å². The minimum absolute atomic E-state index is 0.310. The zero-order valence-electron chi connectivity index (χ0n) is 16.9. The lowest BCUT2D eigenvalue weighted by molar-refractivity contribution is -0.133. The molecule has 0 atom stereocenters. The fourth-order valence-corrected chi connectivity index (χ4v) is 4.72. The summed E-state index contributed by atoms with van der Waals surface area (Å²) >= 11 is 0. The first-order valence-electron chi connectivity index (χ1n) is 10.6. The van der Waals surface area contributed by atoms with E-state index in [0.717, 1.165) is 62.6 Å². The third-order valence-electron chi connectivity index (χ3n) is 6.45. The van der Waals surface area contributed by atoms with Crippen molar-refractivity contribution >= 4 is 23.0 Å². The van der Waals surface area contributed by atoms with E-state index in [9.17, 15) is 4.79 Å². The highest BCUT2D eigenvalue weighted by molar-refractivity contribution is 5.77. The Morgan fingerprint density at radius 2 is 1.86 bits per heavy atom. The summed E-state index contributed by atoms with van der Waals surface area (Å²) in [5.41, 5.74) is 4.55. The molecule has 1 saturated heterocycles. The van der Waals surface area contributed by atoms with Gasteiger partial charge in [0.2, 0.25) is 11.9 Å². The van der Waals surface area contributed by atoms with Crippen LogP contribution in [-0.4, -0.2) is 45.0 Å². The molecule has 29 heavy (non-hydrogen) atoms. The lowest BCUT2D eigenvalue weighted by Crippen LogP contribution is -2.40. The lowest BCUT2D eigenvalue weighted by atomic mass is 9.92. The number of pyridine rings is 1. The van der Waals surface area contributed by atoms with E-state index >= 15 is 0 Å². The number of anilines is 1. The second-order valence-corrected chi connectivity index (χ2v) is 8.29. The maximum atomic E-state index is 12.9. The molecule has 1 aromatic carbocycles. The number of carbonyl (C=O) groups excluding carboxylic acids is 1. The highest BCUT2D eigenvalue weighted by Crippen LogP contribution is 2.28. The summed E-state index contributed by atoms with van der Waals surface area (Å²) in [4.78, 5) is 26.5. The normalized spacial score (nSPS) is 17.6. The van der Waals surface area contributed by atoms with Crippen LogP contribution in [0.15, 0.2) is 42.6 Å². The van der Waals surface area contributed by atoms with Crippen molar-refractivity contribution in [1.82, 2.24) is 19.4 Å². The van der Waals surface area contributed by atoms with Gasteiger partial charge in [0.1, 0.15) is 5.52 Å². The summed E-state index contributed by atoms with van der Waals surface area (Å²) in [6.07, 6.45) is 5.52. The highest BCUT2D eigenvalue weighted by Gasteiger charge is 2.27. The molecular weight excluding hydrogens is 362 g/mol. The number of aromatic nitrogens is 3. The zero-order valence-corrected chi connectivity index (χ0v) is 16.9. The summed E-state index contributed by atoms with van der Waals surface area (Å²) < 4.78 is 2.08. The predicted octanol–water partition coefficient (Wildman–Crippen LogP) is 3.16. The number of amides is 1. The molecule has 6 heteroatoms. The molecule has 0 bridgehead atoms. The first-order chi connectivity index (χ1) is 14.2. The van der Waals surface area contributed by atoms with Gasteiger partial charge < -0.3 is 9.80 Å². The van der Waals surface area contributed by atoms with Crippen molar-refractivity contribution in [2.45, 2.75) is 32.2 Å². The minimum atomic E-state index is 0.310. The van der Waals surface area contributed by atoms with Crippen molar-refractivity contribution in [2.24, 2.45) is 13.0 Å².